The number of nitrogens with one attached hydrogen (secondary N) is 2. The zero-order chi connectivity index (χ0) is 27.1. The van der Waals surface area contributed by atoms with Crippen LogP contribution in [0.25, 0.3) is 16.9 Å². The van der Waals surface area contributed by atoms with Gasteiger partial charge in [-0.05, 0) is 30.3 Å². The van der Waals surface area contributed by atoms with Crippen LogP contribution in [0, 0.1) is 11.6 Å². The number of para-hydroxylation sites is 1. The van der Waals surface area contributed by atoms with E-state index in [2.05, 4.69) is 25.7 Å². The van der Waals surface area contributed by atoms with E-state index in [1.807, 2.05) is 6.07 Å². The fraction of sp³-hybridized carbons (Fsp3) is 0.0357. The SMILES string of the molecule is O=C(N[C@H]1N=C(c2ccccc2)c2cccc(F)c2NC1=O)c1c(-c2ccccc2F)nc2ccc(Cl)nn12. The number of hydrogen-bond donors (Lipinski definition) is 2. The number of nitrogens with zero attached hydrogens (tertiary/aromatic N) is 4. The lowest BCUT2D eigenvalue weighted by atomic mass is 10.0. The number of amides is 2. The van der Waals surface area contributed by atoms with Crippen LogP contribution in [0.1, 0.15) is 21.6 Å². The minimum atomic E-state index is -1.47. The zero-order valence-corrected chi connectivity index (χ0v) is 20.7. The summed E-state index contributed by atoms with van der Waals surface area (Å²) in [6.07, 6.45) is -1.47. The average molecular weight is 543 g/mol. The van der Waals surface area contributed by atoms with Crippen molar-refractivity contribution in [2.45, 2.75) is 6.17 Å². The normalized spacial score (nSPS) is 14.8. The predicted molar refractivity (Wildman–Crippen MR) is 142 cm³/mol. The molecule has 0 saturated heterocycles. The molecule has 0 bridgehead atoms. The Morgan fingerprint density at radius 2 is 1.62 bits per heavy atom. The van der Waals surface area contributed by atoms with E-state index in [9.17, 15) is 18.4 Å². The zero-order valence-electron chi connectivity index (χ0n) is 19.9. The lowest BCUT2D eigenvalue weighted by Gasteiger charge is -2.14. The van der Waals surface area contributed by atoms with Gasteiger partial charge in [-0.15, -0.1) is 0 Å². The Bertz CT molecular complexity index is 1810. The number of halogens is 3. The van der Waals surface area contributed by atoms with Gasteiger partial charge in [0, 0.05) is 16.7 Å². The number of benzene rings is 3. The van der Waals surface area contributed by atoms with Crippen molar-refractivity contribution in [3.05, 3.63) is 119 Å². The van der Waals surface area contributed by atoms with E-state index < -0.39 is 29.6 Å². The molecule has 2 aromatic heterocycles. The number of aliphatic imine (C=N–C) groups is 1. The number of rotatable bonds is 4. The van der Waals surface area contributed by atoms with Crippen LogP contribution in [0.15, 0.2) is 89.9 Å². The summed E-state index contributed by atoms with van der Waals surface area (Å²) in [5.74, 6) is -2.85. The van der Waals surface area contributed by atoms with Crippen molar-refractivity contribution in [1.29, 1.82) is 0 Å². The predicted octanol–water partition coefficient (Wildman–Crippen LogP) is 4.87. The van der Waals surface area contributed by atoms with Crippen molar-refractivity contribution in [1.82, 2.24) is 19.9 Å². The number of carbonyl (C=O) groups is 2. The van der Waals surface area contributed by atoms with Crippen molar-refractivity contribution < 1.29 is 18.4 Å². The van der Waals surface area contributed by atoms with Gasteiger partial charge in [0.25, 0.3) is 11.8 Å². The number of imidazole rings is 1. The quantitative estimate of drug-likeness (QED) is 0.338. The molecule has 1 atom stereocenters. The van der Waals surface area contributed by atoms with Crippen LogP contribution >= 0.6 is 11.6 Å². The summed E-state index contributed by atoms with van der Waals surface area (Å²) in [5.41, 5.74) is 1.32. The van der Waals surface area contributed by atoms with Crippen LogP contribution in [-0.4, -0.2) is 38.3 Å². The van der Waals surface area contributed by atoms with Crippen molar-refractivity contribution in [3.8, 4) is 11.3 Å². The third kappa shape index (κ3) is 4.40. The van der Waals surface area contributed by atoms with Crippen molar-refractivity contribution in [2.75, 3.05) is 5.32 Å². The average Bonchev–Trinajstić information content (AvgIpc) is 3.24. The molecule has 1 aliphatic heterocycles. The van der Waals surface area contributed by atoms with E-state index in [-0.39, 0.29) is 33.4 Å². The maximum absolute atomic E-state index is 14.8. The summed E-state index contributed by atoms with van der Waals surface area (Å²) < 4.78 is 30.7. The molecule has 6 rings (SSSR count). The van der Waals surface area contributed by atoms with E-state index in [1.54, 1.807) is 36.4 Å². The van der Waals surface area contributed by atoms with Gasteiger partial charge in [0.2, 0.25) is 6.17 Å². The molecule has 11 heteroatoms. The van der Waals surface area contributed by atoms with Crippen molar-refractivity contribution >= 4 is 40.5 Å². The second-order valence-electron chi connectivity index (χ2n) is 8.59. The number of carbonyl (C=O) groups excluding carboxylic acids is 2. The van der Waals surface area contributed by atoms with Gasteiger partial charge in [-0.3, -0.25) is 9.59 Å². The number of fused-ring (bicyclic) bond motifs is 2. The Hall–Kier alpha value is -4.96. The molecule has 1 aliphatic rings. The summed E-state index contributed by atoms with van der Waals surface area (Å²) in [4.78, 5) is 35.9. The maximum atomic E-state index is 14.8. The summed E-state index contributed by atoms with van der Waals surface area (Å²) >= 11 is 6.08. The number of hydrogen-bond acceptors (Lipinski definition) is 5. The molecular weight excluding hydrogens is 526 g/mol. The van der Waals surface area contributed by atoms with Gasteiger partial charge in [-0.1, -0.05) is 66.2 Å². The van der Waals surface area contributed by atoms with Crippen LogP contribution in [0.3, 0.4) is 0 Å². The van der Waals surface area contributed by atoms with Gasteiger partial charge in [0.15, 0.2) is 11.3 Å². The fourth-order valence-electron chi connectivity index (χ4n) is 4.37. The minimum absolute atomic E-state index is 0.00371. The van der Waals surface area contributed by atoms with Gasteiger partial charge >= 0.3 is 0 Å². The number of aromatic nitrogens is 3. The number of anilines is 1. The van der Waals surface area contributed by atoms with E-state index >= 15 is 0 Å². The highest BCUT2D eigenvalue weighted by atomic mass is 35.5. The molecule has 5 aromatic rings. The first-order chi connectivity index (χ1) is 18.9. The van der Waals surface area contributed by atoms with E-state index in [0.29, 0.717) is 16.8 Å². The third-order valence-corrected chi connectivity index (χ3v) is 6.33. The minimum Gasteiger partial charge on any atom is -0.321 e. The van der Waals surface area contributed by atoms with Gasteiger partial charge < -0.3 is 10.6 Å². The molecule has 0 aliphatic carbocycles. The molecule has 0 saturated carbocycles. The maximum Gasteiger partial charge on any atom is 0.274 e. The topological polar surface area (TPSA) is 101 Å². The summed E-state index contributed by atoms with van der Waals surface area (Å²) in [6.45, 7) is 0. The molecule has 3 aromatic carbocycles. The molecule has 0 radical (unpaired) electrons. The van der Waals surface area contributed by atoms with Crippen LogP contribution in [0.4, 0.5) is 14.5 Å². The second kappa shape index (κ2) is 9.73. The molecular formula is C28H17ClF2N6O2. The summed E-state index contributed by atoms with van der Waals surface area (Å²) in [7, 11) is 0. The summed E-state index contributed by atoms with van der Waals surface area (Å²) in [5, 5.41) is 9.34. The van der Waals surface area contributed by atoms with Crippen LogP contribution < -0.4 is 10.6 Å². The molecule has 8 nitrogen and oxygen atoms in total. The Balaban J connectivity index is 1.47. The lowest BCUT2D eigenvalue weighted by molar-refractivity contribution is -0.117. The highest BCUT2D eigenvalue weighted by molar-refractivity contribution is 6.29. The molecule has 3 heterocycles. The van der Waals surface area contributed by atoms with E-state index in [4.69, 9.17) is 11.6 Å². The van der Waals surface area contributed by atoms with Crippen LogP contribution in [-0.2, 0) is 4.79 Å². The second-order valence-corrected chi connectivity index (χ2v) is 8.97. The van der Waals surface area contributed by atoms with Crippen LogP contribution in [0.2, 0.25) is 5.15 Å². The first kappa shape index (κ1) is 24.4. The third-order valence-electron chi connectivity index (χ3n) is 6.13. The molecule has 0 unspecified atom stereocenters. The van der Waals surface area contributed by atoms with Gasteiger partial charge in [-0.25, -0.2) is 23.3 Å². The fourth-order valence-corrected chi connectivity index (χ4v) is 4.51. The Kier molecular flexibility index (Phi) is 6.08. The largest absolute Gasteiger partial charge is 0.321 e. The molecule has 2 N–H and O–H groups in total. The van der Waals surface area contributed by atoms with Crippen molar-refractivity contribution in [2.24, 2.45) is 4.99 Å². The van der Waals surface area contributed by atoms with E-state index in [0.717, 1.165) is 0 Å². The molecule has 2 amide bonds. The number of benzodiazepines with no additional fused rings is 1. The monoisotopic (exact) mass is 542 g/mol. The van der Waals surface area contributed by atoms with E-state index in [1.165, 1.54) is 47.0 Å². The van der Waals surface area contributed by atoms with Gasteiger partial charge in [-0.2, -0.15) is 5.10 Å². The van der Waals surface area contributed by atoms with Gasteiger partial charge in [0.05, 0.1) is 11.4 Å². The smallest absolute Gasteiger partial charge is 0.274 e. The highest BCUT2D eigenvalue weighted by Gasteiger charge is 2.31. The lowest BCUT2D eigenvalue weighted by Crippen LogP contribution is -2.43. The Morgan fingerprint density at radius 1 is 0.897 bits per heavy atom. The molecule has 192 valence electrons. The first-order valence-electron chi connectivity index (χ1n) is 11.7. The first-order valence-corrected chi connectivity index (χ1v) is 12.1. The standard InChI is InChI=1S/C28H17ClF2N6O2/c29-20-13-14-21-32-24(16-9-4-5-11-18(16)30)25(37(21)36-20)27(38)35-26-28(39)34-23-17(10-6-12-19(23)31)22(33-26)15-7-2-1-3-8-15/h1-14,26H,(H,34,39)(H,35,38)/t26-/m1/s1. The molecule has 0 fully saturated rings. The van der Waals surface area contributed by atoms with Crippen molar-refractivity contribution in [3.63, 3.8) is 0 Å². The molecule has 0 spiro atoms. The van der Waals surface area contributed by atoms with Gasteiger partial charge in [0.1, 0.15) is 22.5 Å². The Morgan fingerprint density at radius 3 is 2.41 bits per heavy atom. The van der Waals surface area contributed by atoms with Crippen LogP contribution in [0.5, 0.6) is 0 Å². The summed E-state index contributed by atoms with van der Waals surface area (Å²) in [6, 6.07) is 22.1. The molecule has 39 heavy (non-hydrogen) atoms. The highest BCUT2D eigenvalue weighted by Crippen LogP contribution is 2.29. The Labute approximate surface area is 225 Å².